The summed E-state index contributed by atoms with van der Waals surface area (Å²) in [6, 6.07) is 16.0. The molecule has 2 heterocycles. The van der Waals surface area contributed by atoms with Crippen LogP contribution in [0, 0.1) is 0 Å². The summed E-state index contributed by atoms with van der Waals surface area (Å²) in [5.74, 6) is -0.0534. The van der Waals surface area contributed by atoms with Gasteiger partial charge in [0.15, 0.2) is 0 Å². The van der Waals surface area contributed by atoms with Gasteiger partial charge in [0.2, 0.25) is 0 Å². The van der Waals surface area contributed by atoms with Crippen LogP contribution >= 0.6 is 0 Å². The van der Waals surface area contributed by atoms with E-state index in [2.05, 4.69) is 29.2 Å². The van der Waals surface area contributed by atoms with Crippen molar-refractivity contribution in [3.63, 3.8) is 0 Å². The highest BCUT2D eigenvalue weighted by molar-refractivity contribution is 6.05. The molecule has 0 bridgehead atoms. The number of ether oxygens (including phenoxy) is 2. The third-order valence-corrected chi connectivity index (χ3v) is 5.84. The number of H-pyrrole nitrogens is 1. The molecule has 1 N–H and O–H groups in total. The molecule has 6 heteroatoms. The summed E-state index contributed by atoms with van der Waals surface area (Å²) in [6.45, 7) is 7.08. The van der Waals surface area contributed by atoms with E-state index in [9.17, 15) is 9.59 Å². The number of hydrogen-bond acceptors (Lipinski definition) is 4. The number of nitrogens with one attached hydrogen (secondary N) is 1. The van der Waals surface area contributed by atoms with E-state index in [4.69, 9.17) is 9.47 Å². The number of rotatable bonds is 3. The van der Waals surface area contributed by atoms with E-state index in [1.165, 1.54) is 12.7 Å². The molecular weight excluding hydrogens is 404 g/mol. The third kappa shape index (κ3) is 4.64. The van der Waals surface area contributed by atoms with Gasteiger partial charge in [-0.15, -0.1) is 0 Å². The number of carbonyl (C=O) groups is 2. The fraction of sp³-hybridized carbons (Fsp3) is 0.385. The lowest BCUT2D eigenvalue weighted by atomic mass is 9.90. The van der Waals surface area contributed by atoms with Crippen LogP contribution in [0.2, 0.25) is 0 Å². The Hall–Kier alpha value is -3.28. The highest BCUT2D eigenvalue weighted by atomic mass is 16.6. The highest BCUT2D eigenvalue weighted by Crippen LogP contribution is 2.31. The lowest BCUT2D eigenvalue weighted by Crippen LogP contribution is -2.42. The molecule has 2 aromatic carbocycles. The molecule has 1 aliphatic heterocycles. The lowest BCUT2D eigenvalue weighted by molar-refractivity contribution is 0.0198. The Morgan fingerprint density at radius 1 is 1.09 bits per heavy atom. The first-order valence-corrected chi connectivity index (χ1v) is 11.0. The lowest BCUT2D eigenvalue weighted by Gasteiger charge is -2.34. The number of amides is 1. The van der Waals surface area contributed by atoms with Crippen LogP contribution in [0.5, 0.6) is 0 Å². The second-order valence-corrected chi connectivity index (χ2v) is 9.33. The summed E-state index contributed by atoms with van der Waals surface area (Å²) >= 11 is 0. The van der Waals surface area contributed by atoms with Crippen LogP contribution in [0.1, 0.15) is 55.5 Å². The summed E-state index contributed by atoms with van der Waals surface area (Å²) < 4.78 is 10.5. The first-order chi connectivity index (χ1) is 15.2. The second-order valence-electron chi connectivity index (χ2n) is 9.33. The molecule has 1 aromatic heterocycles. The van der Waals surface area contributed by atoms with E-state index in [0.717, 1.165) is 41.5 Å². The summed E-state index contributed by atoms with van der Waals surface area (Å²) in [7, 11) is 1.39. The zero-order chi connectivity index (χ0) is 22.9. The third-order valence-electron chi connectivity index (χ3n) is 5.84. The summed E-state index contributed by atoms with van der Waals surface area (Å²) in [6.07, 6.45) is 1.77. The summed E-state index contributed by atoms with van der Waals surface area (Å²) in [5, 5.41) is 0.846. The van der Waals surface area contributed by atoms with Crippen LogP contribution in [0.25, 0.3) is 22.2 Å². The van der Waals surface area contributed by atoms with Crippen molar-refractivity contribution in [2.45, 2.75) is 45.1 Å². The molecule has 32 heavy (non-hydrogen) atoms. The molecule has 168 valence electrons. The molecular formula is C26H30N2O4. The van der Waals surface area contributed by atoms with Gasteiger partial charge in [-0.2, -0.15) is 0 Å². The smallest absolute Gasteiger partial charge is 0.410 e. The van der Waals surface area contributed by atoms with E-state index < -0.39 is 5.60 Å². The van der Waals surface area contributed by atoms with Gasteiger partial charge in [-0.05, 0) is 62.9 Å². The molecule has 1 aliphatic rings. The van der Waals surface area contributed by atoms with Gasteiger partial charge in [-0.25, -0.2) is 9.59 Å². The van der Waals surface area contributed by atoms with Crippen LogP contribution < -0.4 is 0 Å². The second kappa shape index (κ2) is 8.69. The minimum absolute atomic E-state index is 0.238. The molecule has 1 unspecified atom stereocenters. The maximum Gasteiger partial charge on any atom is 0.410 e. The number of hydrogen-bond donors (Lipinski definition) is 1. The van der Waals surface area contributed by atoms with Crippen molar-refractivity contribution in [3.8, 4) is 11.3 Å². The first-order valence-electron chi connectivity index (χ1n) is 11.0. The number of esters is 1. The van der Waals surface area contributed by atoms with Gasteiger partial charge in [-0.3, -0.25) is 0 Å². The average Bonchev–Trinajstić information content (AvgIpc) is 3.22. The van der Waals surface area contributed by atoms with E-state index in [-0.39, 0.29) is 12.1 Å². The zero-order valence-electron chi connectivity index (χ0n) is 19.1. The predicted molar refractivity (Wildman–Crippen MR) is 125 cm³/mol. The minimum Gasteiger partial charge on any atom is -0.465 e. The van der Waals surface area contributed by atoms with Crippen molar-refractivity contribution in [2.24, 2.45) is 0 Å². The Morgan fingerprint density at radius 2 is 1.84 bits per heavy atom. The van der Waals surface area contributed by atoms with Gasteiger partial charge in [0.1, 0.15) is 5.60 Å². The maximum atomic E-state index is 12.5. The van der Waals surface area contributed by atoms with E-state index in [1.807, 2.05) is 43.9 Å². The van der Waals surface area contributed by atoms with Gasteiger partial charge in [0.25, 0.3) is 0 Å². The largest absolute Gasteiger partial charge is 0.465 e. The minimum atomic E-state index is -0.487. The maximum absolute atomic E-state index is 12.5. The molecule has 6 nitrogen and oxygen atoms in total. The van der Waals surface area contributed by atoms with Crippen LogP contribution in [0.4, 0.5) is 4.79 Å². The molecule has 0 aliphatic carbocycles. The van der Waals surface area contributed by atoms with Crippen LogP contribution in [0.3, 0.4) is 0 Å². The zero-order valence-corrected chi connectivity index (χ0v) is 19.1. The number of carbonyl (C=O) groups excluding carboxylic acids is 2. The van der Waals surface area contributed by atoms with E-state index in [1.54, 1.807) is 6.07 Å². The number of piperidine rings is 1. The van der Waals surface area contributed by atoms with E-state index in [0.29, 0.717) is 18.0 Å². The first kappa shape index (κ1) is 21.9. The van der Waals surface area contributed by atoms with Crippen LogP contribution in [-0.2, 0) is 9.47 Å². The van der Waals surface area contributed by atoms with Gasteiger partial charge in [0.05, 0.1) is 12.7 Å². The van der Waals surface area contributed by atoms with Crippen LogP contribution in [0.15, 0.2) is 48.5 Å². The van der Waals surface area contributed by atoms with Crippen LogP contribution in [-0.4, -0.2) is 47.7 Å². The molecule has 0 radical (unpaired) electrons. The fourth-order valence-corrected chi connectivity index (χ4v) is 4.28. The Kier molecular flexibility index (Phi) is 5.96. The normalized spacial score (nSPS) is 16.8. The SMILES string of the molecule is COC(=O)c1cccc2[nH]c(-c3ccc(C4CCCN(C(=O)OC(C)(C)C)C4)cc3)cc12. The van der Waals surface area contributed by atoms with Gasteiger partial charge in [0, 0.05) is 35.6 Å². The number of benzene rings is 2. The van der Waals surface area contributed by atoms with Gasteiger partial charge < -0.3 is 19.4 Å². The van der Waals surface area contributed by atoms with E-state index >= 15 is 0 Å². The molecule has 0 saturated carbocycles. The molecule has 4 rings (SSSR count). The molecule has 1 amide bonds. The molecule has 1 atom stereocenters. The summed E-state index contributed by atoms with van der Waals surface area (Å²) in [4.78, 5) is 29.8. The Balaban J connectivity index is 1.52. The van der Waals surface area contributed by atoms with Crippen molar-refractivity contribution < 1.29 is 19.1 Å². The molecule has 1 saturated heterocycles. The predicted octanol–water partition coefficient (Wildman–Crippen LogP) is 5.74. The number of likely N-dealkylation sites (tertiary alicyclic amines) is 1. The quantitative estimate of drug-likeness (QED) is 0.534. The fourth-order valence-electron chi connectivity index (χ4n) is 4.28. The number of nitrogens with zero attached hydrogens (tertiary/aromatic N) is 1. The number of aromatic nitrogens is 1. The highest BCUT2D eigenvalue weighted by Gasteiger charge is 2.28. The van der Waals surface area contributed by atoms with Crippen molar-refractivity contribution >= 4 is 23.0 Å². The standard InChI is InChI=1S/C26H30N2O4/c1-26(2,3)32-25(30)28-14-6-7-19(16-28)17-10-12-18(13-11-17)23-15-21-20(24(29)31-4)8-5-9-22(21)27-23/h5,8-13,15,19,27H,6-7,14,16H2,1-4H3. The number of aromatic amines is 1. The average molecular weight is 435 g/mol. The van der Waals surface area contributed by atoms with Crippen molar-refractivity contribution in [1.82, 2.24) is 9.88 Å². The van der Waals surface area contributed by atoms with Crippen molar-refractivity contribution in [3.05, 3.63) is 59.7 Å². The van der Waals surface area contributed by atoms with Crippen molar-refractivity contribution in [2.75, 3.05) is 20.2 Å². The molecule has 0 spiro atoms. The summed E-state index contributed by atoms with van der Waals surface area (Å²) in [5.41, 5.74) is 4.16. The molecule has 3 aromatic rings. The Labute approximate surface area is 188 Å². The topological polar surface area (TPSA) is 71.6 Å². The Bertz CT molecular complexity index is 1120. The van der Waals surface area contributed by atoms with Gasteiger partial charge >= 0.3 is 12.1 Å². The van der Waals surface area contributed by atoms with Crippen molar-refractivity contribution in [1.29, 1.82) is 0 Å². The number of methoxy groups -OCH3 is 1. The molecule has 1 fully saturated rings. The Morgan fingerprint density at radius 3 is 2.53 bits per heavy atom. The number of fused-ring (bicyclic) bond motifs is 1. The van der Waals surface area contributed by atoms with Gasteiger partial charge in [-0.1, -0.05) is 30.3 Å². The monoisotopic (exact) mass is 434 g/mol.